The van der Waals surface area contributed by atoms with Crippen LogP contribution in [0.25, 0.3) is 0 Å². The van der Waals surface area contributed by atoms with E-state index in [9.17, 15) is 4.79 Å². The maximum absolute atomic E-state index is 13.5. The lowest BCUT2D eigenvalue weighted by Crippen LogP contribution is -2.45. The summed E-state index contributed by atoms with van der Waals surface area (Å²) in [6.45, 7) is 1.77. The Morgan fingerprint density at radius 1 is 0.432 bits per heavy atom. The molecule has 1 atom stereocenters. The van der Waals surface area contributed by atoms with E-state index < -0.39 is 14.5 Å². The van der Waals surface area contributed by atoms with Gasteiger partial charge >= 0.3 is 0 Å². The van der Waals surface area contributed by atoms with Crippen LogP contribution in [0.3, 0.4) is 0 Å². The predicted octanol–water partition coefficient (Wildman–Crippen LogP) is 7.32. The molecule has 6 aromatic carbocycles. The summed E-state index contributed by atoms with van der Waals surface area (Å²) < 4.78 is 0. The van der Waals surface area contributed by atoms with Crippen LogP contribution in [0.1, 0.15) is 13.3 Å². The van der Waals surface area contributed by atoms with Crippen molar-refractivity contribution in [2.45, 2.75) is 19.0 Å². The highest BCUT2D eigenvalue weighted by Gasteiger charge is 2.59. The normalized spacial score (nSPS) is 12.4. The minimum Gasteiger partial charge on any atom is -0.300 e. The molecule has 6 rings (SSSR count). The molecule has 0 saturated carbocycles. The van der Waals surface area contributed by atoms with Crippen LogP contribution in [0.2, 0.25) is 0 Å². The molecule has 0 radical (unpaired) electrons. The molecule has 0 bridgehead atoms. The molecule has 0 amide bonds. The molecule has 0 N–H and O–H groups in total. The van der Waals surface area contributed by atoms with Crippen LogP contribution < -0.4 is 31.8 Å². The van der Waals surface area contributed by atoms with Crippen molar-refractivity contribution in [3.63, 3.8) is 0 Å². The van der Waals surface area contributed by atoms with E-state index in [4.69, 9.17) is 0 Å². The topological polar surface area (TPSA) is 17.1 Å². The van der Waals surface area contributed by atoms with Crippen molar-refractivity contribution in [3.05, 3.63) is 182 Å². The molecule has 0 aliphatic heterocycles. The number of ketones is 1. The quantitative estimate of drug-likeness (QED) is 0.141. The molecular weight excluding hydrogens is 570 g/mol. The zero-order valence-corrected chi connectivity index (χ0v) is 26.9. The molecule has 0 heterocycles. The molecule has 216 valence electrons. The highest BCUT2D eigenvalue weighted by molar-refractivity contribution is 7.99. The van der Waals surface area contributed by atoms with Gasteiger partial charge in [0.05, 0.1) is 0 Å². The molecule has 0 saturated heterocycles. The first-order valence-corrected chi connectivity index (χ1v) is 19.1. The van der Waals surface area contributed by atoms with Crippen molar-refractivity contribution in [2.24, 2.45) is 0 Å². The van der Waals surface area contributed by atoms with Gasteiger partial charge in [-0.05, 0) is 79.7 Å². The number of Topliss-reactive ketones (excluding diaryl/α,β-unsaturated/α-hetero) is 1. The van der Waals surface area contributed by atoms with Crippen molar-refractivity contribution in [2.75, 3.05) is 6.16 Å². The zero-order valence-electron chi connectivity index (χ0n) is 25.1. The summed E-state index contributed by atoms with van der Waals surface area (Å²) in [5.41, 5.74) is 0.0566. The number of carbonyl (C=O) groups excluding carboxylic acids is 1. The van der Waals surface area contributed by atoms with Gasteiger partial charge in [0, 0.05) is 6.42 Å². The molecule has 1 unspecified atom stereocenters. The highest BCUT2D eigenvalue weighted by atomic mass is 31.2. The predicted molar refractivity (Wildman–Crippen MR) is 194 cm³/mol. The lowest BCUT2D eigenvalue weighted by Gasteiger charge is -2.38. The van der Waals surface area contributed by atoms with Gasteiger partial charge in [-0.15, -0.1) is 0 Å². The zero-order chi connectivity index (χ0) is 30.2. The third-order valence-electron chi connectivity index (χ3n) is 8.64. The fourth-order valence-corrected chi connectivity index (χ4v) is 17.5. The van der Waals surface area contributed by atoms with E-state index in [1.807, 2.05) is 0 Å². The number of benzene rings is 6. The van der Waals surface area contributed by atoms with Crippen LogP contribution in [0.15, 0.2) is 182 Å². The van der Waals surface area contributed by atoms with Crippen LogP contribution in [-0.4, -0.2) is 17.6 Å². The average molecular weight is 609 g/mol. The van der Waals surface area contributed by atoms with E-state index in [-0.39, 0.29) is 11.4 Å². The largest absolute Gasteiger partial charge is 0.300 e. The molecule has 1 nitrogen and oxygen atoms in total. The van der Waals surface area contributed by atoms with Crippen molar-refractivity contribution in [1.29, 1.82) is 0 Å². The molecule has 3 heteroatoms. The third-order valence-corrected chi connectivity index (χ3v) is 18.3. The second-order valence-electron chi connectivity index (χ2n) is 11.3. The van der Waals surface area contributed by atoms with E-state index in [2.05, 4.69) is 182 Å². The van der Waals surface area contributed by atoms with Gasteiger partial charge in [-0.1, -0.05) is 109 Å². The smallest absolute Gasteiger partial charge is 0.133 e. The van der Waals surface area contributed by atoms with Crippen LogP contribution in [-0.2, 0) is 4.79 Å². The Morgan fingerprint density at radius 3 is 0.932 bits per heavy atom. The second kappa shape index (κ2) is 13.7. The first-order valence-electron chi connectivity index (χ1n) is 15.3. The second-order valence-corrected chi connectivity index (χ2v) is 18.5. The van der Waals surface area contributed by atoms with Gasteiger partial charge in [0.15, 0.2) is 0 Å². The van der Waals surface area contributed by atoms with Crippen LogP contribution in [0.4, 0.5) is 0 Å². The van der Waals surface area contributed by atoms with Crippen molar-refractivity contribution in [3.8, 4) is 0 Å². The summed E-state index contributed by atoms with van der Waals surface area (Å²) in [6.07, 6.45) is 1.37. The first kappa shape index (κ1) is 29.9. The van der Waals surface area contributed by atoms with Crippen molar-refractivity contribution >= 4 is 52.1 Å². The lowest BCUT2D eigenvalue weighted by atomic mass is 10.2. The van der Waals surface area contributed by atoms with Crippen molar-refractivity contribution < 1.29 is 4.79 Å². The van der Waals surface area contributed by atoms with E-state index in [1.165, 1.54) is 31.8 Å². The van der Waals surface area contributed by atoms with E-state index in [1.54, 1.807) is 6.92 Å². The maximum atomic E-state index is 13.5. The van der Waals surface area contributed by atoms with E-state index in [0.29, 0.717) is 6.42 Å². The summed E-state index contributed by atoms with van der Waals surface area (Å²) in [4.78, 5) is 13.5. The molecule has 44 heavy (non-hydrogen) atoms. The SMILES string of the molecule is CC(=O)CC(C[P+](c1ccccc1)(c1ccccc1)c1ccccc1)[P+](c1ccccc1)(c1ccccc1)c1ccccc1. The van der Waals surface area contributed by atoms with Gasteiger partial charge < -0.3 is 0 Å². The van der Waals surface area contributed by atoms with E-state index >= 15 is 0 Å². The third kappa shape index (κ3) is 5.71. The Hall–Kier alpha value is -4.15. The Balaban J connectivity index is 1.73. The minimum atomic E-state index is -2.37. The van der Waals surface area contributed by atoms with Gasteiger partial charge in [-0.2, -0.15) is 0 Å². The molecular formula is C41H38OP2+2. The fourth-order valence-electron chi connectivity index (χ4n) is 6.85. The van der Waals surface area contributed by atoms with Crippen LogP contribution >= 0.6 is 14.5 Å². The molecule has 0 aliphatic rings. The Kier molecular flexibility index (Phi) is 9.28. The van der Waals surface area contributed by atoms with Gasteiger partial charge in [-0.3, -0.25) is 4.79 Å². The van der Waals surface area contributed by atoms with Gasteiger partial charge in [0.2, 0.25) is 0 Å². The lowest BCUT2D eigenvalue weighted by molar-refractivity contribution is -0.116. The summed E-state index contributed by atoms with van der Waals surface area (Å²) >= 11 is 0. The standard InChI is InChI=1S/C41H38OP2/c1-34(42)32-41(44(38-26-14-5-15-27-38,39-28-16-6-17-29-39)40-30-18-7-19-31-40)33-43(35-20-8-2-9-21-35,36-22-10-3-11-23-36)37-24-12-4-13-25-37/h2-31,41H,32-33H2,1H3/q+2. The molecule has 0 spiro atoms. The molecule has 6 aromatic rings. The van der Waals surface area contributed by atoms with Gasteiger partial charge in [0.1, 0.15) is 64.0 Å². The summed E-state index contributed by atoms with van der Waals surface area (Å²) in [6, 6.07) is 66.3. The monoisotopic (exact) mass is 608 g/mol. The number of rotatable bonds is 11. The van der Waals surface area contributed by atoms with Crippen LogP contribution in [0, 0.1) is 0 Å². The molecule has 0 aliphatic carbocycles. The minimum absolute atomic E-state index is 0.0566. The summed E-state index contributed by atoms with van der Waals surface area (Å²) in [5.74, 6) is 0.231. The van der Waals surface area contributed by atoms with Gasteiger partial charge in [0.25, 0.3) is 0 Å². The Bertz CT molecular complexity index is 1560. The van der Waals surface area contributed by atoms with E-state index in [0.717, 1.165) is 6.16 Å². The summed E-state index contributed by atoms with van der Waals surface area (Å²) in [5, 5.41) is 7.98. The van der Waals surface area contributed by atoms with Gasteiger partial charge in [-0.25, -0.2) is 0 Å². The number of hydrogen-bond donors (Lipinski definition) is 0. The number of hydrogen-bond acceptors (Lipinski definition) is 1. The number of carbonyl (C=O) groups is 1. The summed E-state index contributed by atoms with van der Waals surface area (Å²) in [7, 11) is -4.62. The molecule has 0 fully saturated rings. The highest BCUT2D eigenvalue weighted by Crippen LogP contribution is 2.67. The average Bonchev–Trinajstić information content (AvgIpc) is 3.10. The Morgan fingerprint density at radius 2 is 0.682 bits per heavy atom. The van der Waals surface area contributed by atoms with Crippen LogP contribution in [0.5, 0.6) is 0 Å². The first-order chi connectivity index (χ1) is 21.7. The maximum Gasteiger partial charge on any atom is 0.133 e. The fraction of sp³-hybridized carbons (Fsp3) is 0.0976. The molecule has 0 aromatic heterocycles. The van der Waals surface area contributed by atoms with Crippen molar-refractivity contribution in [1.82, 2.24) is 0 Å². The Labute approximate surface area is 263 Å².